The number of nitrogens with two attached hydrogens (primary N) is 1. The first kappa shape index (κ1) is 14.6. The molecule has 0 radical (unpaired) electrons. The lowest BCUT2D eigenvalue weighted by Crippen LogP contribution is -2.35. The van der Waals surface area contributed by atoms with Crippen LogP contribution < -0.4 is 15.8 Å². The van der Waals surface area contributed by atoms with Crippen LogP contribution >= 0.6 is 0 Å². The van der Waals surface area contributed by atoms with Gasteiger partial charge in [0.15, 0.2) is 0 Å². The second-order valence-electron chi connectivity index (χ2n) is 3.93. The minimum absolute atomic E-state index is 0.107. The van der Waals surface area contributed by atoms with Gasteiger partial charge in [-0.15, -0.1) is 0 Å². The van der Waals surface area contributed by atoms with Crippen molar-refractivity contribution in [1.82, 2.24) is 10.0 Å². The molecule has 0 heterocycles. The number of benzene rings is 1. The molecule has 0 aromatic heterocycles. The van der Waals surface area contributed by atoms with Crippen LogP contribution in [0.4, 0.5) is 0 Å². The summed E-state index contributed by atoms with van der Waals surface area (Å²) in [5, 5.41) is 2.46. The zero-order valence-corrected chi connectivity index (χ0v) is 11.1. The predicted octanol–water partition coefficient (Wildman–Crippen LogP) is -0.328. The Morgan fingerprint density at radius 1 is 1.33 bits per heavy atom. The number of amides is 1. The molecule has 1 aromatic rings. The van der Waals surface area contributed by atoms with E-state index in [1.165, 1.54) is 31.3 Å². The van der Waals surface area contributed by atoms with E-state index < -0.39 is 10.0 Å². The molecule has 4 N–H and O–H groups in total. The second kappa shape index (κ2) is 5.94. The Morgan fingerprint density at radius 2 is 1.89 bits per heavy atom. The van der Waals surface area contributed by atoms with Crippen molar-refractivity contribution in [3.63, 3.8) is 0 Å². The van der Waals surface area contributed by atoms with Gasteiger partial charge in [-0.1, -0.05) is 0 Å². The van der Waals surface area contributed by atoms with E-state index in [1.54, 1.807) is 6.92 Å². The van der Waals surface area contributed by atoms with Crippen molar-refractivity contribution >= 4 is 15.9 Å². The van der Waals surface area contributed by atoms with Gasteiger partial charge in [0.25, 0.3) is 5.91 Å². The van der Waals surface area contributed by atoms with Crippen molar-refractivity contribution in [2.24, 2.45) is 5.73 Å². The molecule has 0 aliphatic rings. The fourth-order valence-corrected chi connectivity index (χ4v) is 2.40. The van der Waals surface area contributed by atoms with E-state index in [0.717, 1.165) is 0 Å². The topological polar surface area (TPSA) is 101 Å². The summed E-state index contributed by atoms with van der Waals surface area (Å²) in [5.74, 6) is -0.262. The summed E-state index contributed by atoms with van der Waals surface area (Å²) in [7, 11) is -2.06. The van der Waals surface area contributed by atoms with E-state index in [1.807, 2.05) is 0 Å². The Balaban J connectivity index is 2.87. The molecule has 18 heavy (non-hydrogen) atoms. The van der Waals surface area contributed by atoms with E-state index in [0.29, 0.717) is 5.56 Å². The SMILES string of the molecule is CNC(=O)c1ccc(S(=O)(=O)NCC(C)N)cc1. The van der Waals surface area contributed by atoms with Gasteiger partial charge >= 0.3 is 0 Å². The number of sulfonamides is 1. The zero-order chi connectivity index (χ0) is 13.8. The minimum atomic E-state index is -3.57. The van der Waals surface area contributed by atoms with Gasteiger partial charge in [-0.25, -0.2) is 13.1 Å². The molecule has 1 atom stereocenters. The van der Waals surface area contributed by atoms with Crippen LogP contribution in [0.25, 0.3) is 0 Å². The fourth-order valence-electron chi connectivity index (χ4n) is 1.25. The zero-order valence-electron chi connectivity index (χ0n) is 10.3. The maximum Gasteiger partial charge on any atom is 0.251 e. The second-order valence-corrected chi connectivity index (χ2v) is 5.70. The fraction of sp³-hybridized carbons (Fsp3) is 0.364. The smallest absolute Gasteiger partial charge is 0.251 e. The first-order chi connectivity index (χ1) is 8.36. The highest BCUT2D eigenvalue weighted by molar-refractivity contribution is 7.89. The van der Waals surface area contributed by atoms with E-state index in [2.05, 4.69) is 10.0 Å². The van der Waals surface area contributed by atoms with Gasteiger partial charge in [-0.05, 0) is 31.2 Å². The highest BCUT2D eigenvalue weighted by atomic mass is 32.2. The normalized spacial score (nSPS) is 13.1. The maximum absolute atomic E-state index is 11.8. The molecule has 0 bridgehead atoms. The van der Waals surface area contributed by atoms with Crippen LogP contribution in [0.1, 0.15) is 17.3 Å². The van der Waals surface area contributed by atoms with Crippen molar-refractivity contribution in [2.45, 2.75) is 17.9 Å². The number of carbonyl (C=O) groups excluding carboxylic acids is 1. The van der Waals surface area contributed by atoms with Gasteiger partial charge < -0.3 is 11.1 Å². The van der Waals surface area contributed by atoms with Crippen LogP contribution in [0.5, 0.6) is 0 Å². The molecule has 0 fully saturated rings. The number of rotatable bonds is 5. The summed E-state index contributed by atoms with van der Waals surface area (Å²) in [4.78, 5) is 11.4. The molecule has 0 aliphatic heterocycles. The summed E-state index contributed by atoms with van der Waals surface area (Å²) >= 11 is 0. The van der Waals surface area contributed by atoms with Crippen molar-refractivity contribution < 1.29 is 13.2 Å². The molecule has 0 spiro atoms. The Hall–Kier alpha value is -1.44. The average Bonchev–Trinajstić information content (AvgIpc) is 2.36. The van der Waals surface area contributed by atoms with E-state index in [9.17, 15) is 13.2 Å². The van der Waals surface area contributed by atoms with Crippen molar-refractivity contribution in [3.05, 3.63) is 29.8 Å². The van der Waals surface area contributed by atoms with Crippen molar-refractivity contribution in [1.29, 1.82) is 0 Å². The minimum Gasteiger partial charge on any atom is -0.355 e. The molecule has 7 heteroatoms. The molecule has 100 valence electrons. The first-order valence-electron chi connectivity index (χ1n) is 5.44. The van der Waals surface area contributed by atoms with Gasteiger partial charge in [0.05, 0.1) is 4.90 Å². The molecule has 1 amide bonds. The third-order valence-electron chi connectivity index (χ3n) is 2.25. The lowest BCUT2D eigenvalue weighted by Gasteiger charge is -2.09. The summed E-state index contributed by atoms with van der Waals surface area (Å²) in [6.45, 7) is 1.87. The van der Waals surface area contributed by atoms with Crippen LogP contribution in [0.3, 0.4) is 0 Å². The summed E-state index contributed by atoms with van der Waals surface area (Å²) in [6, 6.07) is 5.42. The van der Waals surface area contributed by atoms with Gasteiger partial charge in [0.1, 0.15) is 0 Å². The molecular formula is C11H17N3O3S. The Labute approximate surface area is 107 Å². The van der Waals surface area contributed by atoms with Crippen LogP contribution in [-0.4, -0.2) is 34.0 Å². The molecule has 1 rings (SSSR count). The predicted molar refractivity (Wildman–Crippen MR) is 68.7 cm³/mol. The summed E-state index contributed by atoms with van der Waals surface area (Å²) < 4.78 is 26.0. The third kappa shape index (κ3) is 3.80. The molecule has 6 nitrogen and oxygen atoms in total. The first-order valence-corrected chi connectivity index (χ1v) is 6.92. The average molecular weight is 271 g/mol. The molecule has 0 aliphatic carbocycles. The highest BCUT2D eigenvalue weighted by Gasteiger charge is 2.14. The van der Waals surface area contributed by atoms with Gasteiger partial charge in [-0.2, -0.15) is 0 Å². The van der Waals surface area contributed by atoms with E-state index in [-0.39, 0.29) is 23.4 Å². The molecule has 1 aromatic carbocycles. The quantitative estimate of drug-likeness (QED) is 0.682. The summed E-state index contributed by atoms with van der Waals surface area (Å²) in [6.07, 6.45) is 0. The Morgan fingerprint density at radius 3 is 2.33 bits per heavy atom. The van der Waals surface area contributed by atoms with Gasteiger partial charge in [-0.3, -0.25) is 4.79 Å². The van der Waals surface area contributed by atoms with Crippen LogP contribution in [-0.2, 0) is 10.0 Å². The number of carbonyl (C=O) groups is 1. The number of nitrogens with one attached hydrogen (secondary N) is 2. The van der Waals surface area contributed by atoms with Crippen molar-refractivity contribution in [3.8, 4) is 0 Å². The van der Waals surface area contributed by atoms with E-state index >= 15 is 0 Å². The van der Waals surface area contributed by atoms with Gasteiger partial charge in [0, 0.05) is 25.2 Å². The maximum atomic E-state index is 11.8. The lowest BCUT2D eigenvalue weighted by atomic mass is 10.2. The number of hydrogen-bond acceptors (Lipinski definition) is 4. The van der Waals surface area contributed by atoms with Crippen molar-refractivity contribution in [2.75, 3.05) is 13.6 Å². The molecule has 0 saturated carbocycles. The molecule has 0 saturated heterocycles. The Kier molecular flexibility index (Phi) is 4.83. The van der Waals surface area contributed by atoms with Crippen LogP contribution in [0, 0.1) is 0 Å². The summed E-state index contributed by atoms with van der Waals surface area (Å²) in [5.41, 5.74) is 5.89. The molecular weight excluding hydrogens is 254 g/mol. The number of hydrogen-bond donors (Lipinski definition) is 3. The Bertz CT molecular complexity index is 509. The van der Waals surface area contributed by atoms with Crippen LogP contribution in [0.2, 0.25) is 0 Å². The van der Waals surface area contributed by atoms with Gasteiger partial charge in [0.2, 0.25) is 10.0 Å². The lowest BCUT2D eigenvalue weighted by molar-refractivity contribution is 0.0963. The largest absolute Gasteiger partial charge is 0.355 e. The van der Waals surface area contributed by atoms with Crippen LogP contribution in [0.15, 0.2) is 29.2 Å². The third-order valence-corrected chi connectivity index (χ3v) is 3.69. The highest BCUT2D eigenvalue weighted by Crippen LogP contribution is 2.10. The van der Waals surface area contributed by atoms with E-state index in [4.69, 9.17) is 5.73 Å². The monoisotopic (exact) mass is 271 g/mol. The molecule has 1 unspecified atom stereocenters. The standard InChI is InChI=1S/C11H17N3O3S/c1-8(12)7-14-18(16,17)10-5-3-9(4-6-10)11(15)13-2/h3-6,8,14H,7,12H2,1-2H3,(H,13,15).